The van der Waals surface area contributed by atoms with E-state index >= 15 is 0 Å². The summed E-state index contributed by atoms with van der Waals surface area (Å²) in [6, 6.07) is 0. The van der Waals surface area contributed by atoms with E-state index in [4.69, 9.17) is 10.2 Å². The normalized spacial score (nSPS) is 13.0. The minimum atomic E-state index is 0.0176. The van der Waals surface area contributed by atoms with Gasteiger partial charge in [-0.3, -0.25) is 0 Å². The van der Waals surface area contributed by atoms with Crippen LogP contribution in [-0.4, -0.2) is 16.8 Å². The van der Waals surface area contributed by atoms with Gasteiger partial charge in [-0.05, 0) is 13.0 Å². The fourth-order valence-corrected chi connectivity index (χ4v) is 0.268. The summed E-state index contributed by atoms with van der Waals surface area (Å²) < 4.78 is 0. The van der Waals surface area contributed by atoms with Crippen LogP contribution < -0.4 is 0 Å². The van der Waals surface area contributed by atoms with Crippen LogP contribution in [0.2, 0.25) is 0 Å². The lowest BCUT2D eigenvalue weighted by molar-refractivity contribution is 0.342. The van der Waals surface area contributed by atoms with E-state index in [0.717, 1.165) is 0 Å². The fourth-order valence-electron chi connectivity index (χ4n) is 0.268. The third-order valence-electron chi connectivity index (χ3n) is 0.579. The molecule has 8 heavy (non-hydrogen) atoms. The number of aliphatic hydroxyl groups excluding tert-OH is 2. The minimum Gasteiger partial charge on any atom is -0.513 e. The Balaban J connectivity index is 3.42. The summed E-state index contributed by atoms with van der Waals surface area (Å²) in [5.41, 5.74) is 0. The zero-order valence-corrected chi connectivity index (χ0v) is 4.83. The largest absolute Gasteiger partial charge is 0.513 e. The monoisotopic (exact) mass is 114 g/mol. The third-order valence-corrected chi connectivity index (χ3v) is 0.579. The molecule has 0 bridgehead atoms. The van der Waals surface area contributed by atoms with Crippen LogP contribution in [-0.2, 0) is 0 Å². The molecule has 0 unspecified atom stereocenters. The molecule has 0 saturated carbocycles. The van der Waals surface area contributed by atoms with Gasteiger partial charge in [0.25, 0.3) is 0 Å². The average molecular weight is 114 g/mol. The van der Waals surface area contributed by atoms with Crippen LogP contribution in [0.1, 0.15) is 6.92 Å². The molecule has 0 saturated heterocycles. The summed E-state index contributed by atoms with van der Waals surface area (Å²) in [6.07, 6.45) is 4.64. The van der Waals surface area contributed by atoms with Crippen molar-refractivity contribution in [1.29, 1.82) is 0 Å². The van der Waals surface area contributed by atoms with Gasteiger partial charge >= 0.3 is 0 Å². The zero-order valence-electron chi connectivity index (χ0n) is 4.83. The minimum absolute atomic E-state index is 0.0176. The number of allylic oxidation sites excluding steroid dienone is 3. The van der Waals surface area contributed by atoms with Gasteiger partial charge < -0.3 is 10.2 Å². The molecule has 0 aliphatic rings. The molecule has 0 aliphatic heterocycles. The van der Waals surface area contributed by atoms with Crippen molar-refractivity contribution in [3.05, 3.63) is 24.0 Å². The van der Waals surface area contributed by atoms with E-state index in [9.17, 15) is 0 Å². The summed E-state index contributed by atoms with van der Waals surface area (Å²) in [7, 11) is 0. The highest BCUT2D eigenvalue weighted by Gasteiger charge is 1.70. The average Bonchev–Trinajstić information content (AvgIpc) is 1.66. The van der Waals surface area contributed by atoms with E-state index in [2.05, 4.69) is 0 Å². The van der Waals surface area contributed by atoms with Crippen LogP contribution in [0.25, 0.3) is 0 Å². The summed E-state index contributed by atoms with van der Waals surface area (Å²) in [5.74, 6) is 0.245. The van der Waals surface area contributed by atoms with Gasteiger partial charge in [0.2, 0.25) is 0 Å². The van der Waals surface area contributed by atoms with Gasteiger partial charge in [-0.2, -0.15) is 0 Å². The van der Waals surface area contributed by atoms with Gasteiger partial charge in [0.05, 0.1) is 12.4 Å². The Labute approximate surface area is 48.8 Å². The first-order valence-corrected chi connectivity index (χ1v) is 2.40. The van der Waals surface area contributed by atoms with Crippen molar-refractivity contribution in [1.82, 2.24) is 0 Å². The van der Waals surface area contributed by atoms with Crippen LogP contribution in [0.15, 0.2) is 24.0 Å². The summed E-state index contributed by atoms with van der Waals surface area (Å²) in [5, 5.41) is 16.7. The van der Waals surface area contributed by atoms with E-state index in [1.165, 1.54) is 6.08 Å². The fraction of sp³-hybridized carbons (Fsp3) is 0.333. The van der Waals surface area contributed by atoms with Crippen molar-refractivity contribution >= 4 is 0 Å². The Morgan fingerprint density at radius 1 is 1.62 bits per heavy atom. The number of hydrogen-bond acceptors (Lipinski definition) is 2. The summed E-state index contributed by atoms with van der Waals surface area (Å²) >= 11 is 0. The van der Waals surface area contributed by atoms with E-state index < -0.39 is 0 Å². The molecule has 0 aromatic carbocycles. The highest BCUT2D eigenvalue weighted by molar-refractivity contribution is 5.04. The molecule has 0 atom stereocenters. The molecule has 0 radical (unpaired) electrons. The van der Waals surface area contributed by atoms with Gasteiger partial charge in [-0.25, -0.2) is 0 Å². The van der Waals surface area contributed by atoms with E-state index in [1.807, 2.05) is 0 Å². The Kier molecular flexibility index (Phi) is 3.98. The number of rotatable bonds is 2. The van der Waals surface area contributed by atoms with Crippen molar-refractivity contribution in [2.24, 2.45) is 0 Å². The lowest BCUT2D eigenvalue weighted by Gasteiger charge is -1.80. The maximum atomic E-state index is 8.51. The lowest BCUT2D eigenvalue weighted by atomic mass is 10.4. The van der Waals surface area contributed by atoms with Gasteiger partial charge in [0, 0.05) is 0 Å². The van der Waals surface area contributed by atoms with Crippen LogP contribution in [0, 0.1) is 0 Å². The molecule has 0 rings (SSSR count). The van der Waals surface area contributed by atoms with E-state index in [1.54, 1.807) is 19.1 Å². The zero-order chi connectivity index (χ0) is 6.41. The summed E-state index contributed by atoms with van der Waals surface area (Å²) in [4.78, 5) is 0. The van der Waals surface area contributed by atoms with Crippen LogP contribution >= 0.6 is 0 Å². The highest BCUT2D eigenvalue weighted by Crippen LogP contribution is 1.83. The molecule has 0 heterocycles. The molecule has 46 valence electrons. The molecule has 0 amide bonds. The molecule has 0 spiro atoms. The van der Waals surface area contributed by atoms with Crippen molar-refractivity contribution in [3.8, 4) is 0 Å². The van der Waals surface area contributed by atoms with Crippen LogP contribution in [0.3, 0.4) is 0 Å². The van der Waals surface area contributed by atoms with Gasteiger partial charge in [-0.1, -0.05) is 12.2 Å². The Morgan fingerprint density at radius 2 is 2.25 bits per heavy atom. The predicted molar refractivity (Wildman–Crippen MR) is 32.6 cm³/mol. The molecule has 0 aromatic rings. The van der Waals surface area contributed by atoms with Gasteiger partial charge in [0.1, 0.15) is 0 Å². The van der Waals surface area contributed by atoms with Gasteiger partial charge in [-0.15, -0.1) is 0 Å². The second-order valence-electron chi connectivity index (χ2n) is 1.42. The smallest absolute Gasteiger partial charge is 0.0891 e. The maximum Gasteiger partial charge on any atom is 0.0891 e. The second kappa shape index (κ2) is 4.40. The molecule has 2 heteroatoms. The second-order valence-corrected chi connectivity index (χ2v) is 1.42. The van der Waals surface area contributed by atoms with Crippen molar-refractivity contribution in [2.75, 3.05) is 6.61 Å². The van der Waals surface area contributed by atoms with Crippen molar-refractivity contribution in [3.63, 3.8) is 0 Å². The first-order chi connectivity index (χ1) is 3.77. The summed E-state index contributed by atoms with van der Waals surface area (Å²) in [6.45, 7) is 1.59. The SMILES string of the molecule is C/C(O)=C\C=C\CO. The number of hydrogen-bond donors (Lipinski definition) is 2. The Morgan fingerprint density at radius 3 is 2.62 bits per heavy atom. The molecule has 2 N–H and O–H groups in total. The Bertz CT molecular complexity index is 99.1. The topological polar surface area (TPSA) is 40.5 Å². The molecule has 0 fully saturated rings. The standard InChI is InChI=1S/C6H10O2/c1-6(8)4-2-3-5-7/h2-4,7-8H,5H2,1H3/b3-2+,6-4+. The molecule has 0 aromatic heterocycles. The third kappa shape index (κ3) is 5.24. The molecule has 0 aliphatic carbocycles. The van der Waals surface area contributed by atoms with E-state index in [0.29, 0.717) is 0 Å². The predicted octanol–water partition coefficient (Wildman–Crippen LogP) is 0.997. The molecular weight excluding hydrogens is 104 g/mol. The van der Waals surface area contributed by atoms with Crippen LogP contribution in [0.5, 0.6) is 0 Å². The highest BCUT2D eigenvalue weighted by atomic mass is 16.3. The quantitative estimate of drug-likeness (QED) is 0.415. The molecular formula is C6H10O2. The van der Waals surface area contributed by atoms with Crippen LogP contribution in [0.4, 0.5) is 0 Å². The molecule has 2 nitrogen and oxygen atoms in total. The first kappa shape index (κ1) is 7.24. The van der Waals surface area contributed by atoms with Crippen molar-refractivity contribution in [2.45, 2.75) is 6.92 Å². The lowest BCUT2D eigenvalue weighted by Crippen LogP contribution is -1.70. The number of aliphatic hydroxyl groups is 2. The van der Waals surface area contributed by atoms with Gasteiger partial charge in [0.15, 0.2) is 0 Å². The first-order valence-electron chi connectivity index (χ1n) is 2.40. The van der Waals surface area contributed by atoms with Crippen molar-refractivity contribution < 1.29 is 10.2 Å². The van der Waals surface area contributed by atoms with E-state index in [-0.39, 0.29) is 12.4 Å². The Hall–Kier alpha value is -0.760. The maximum absolute atomic E-state index is 8.51.